The molecule has 1 heterocycles. The zero-order valence-corrected chi connectivity index (χ0v) is 16.3. The second kappa shape index (κ2) is 8.57. The van der Waals surface area contributed by atoms with Crippen molar-refractivity contribution in [3.63, 3.8) is 0 Å². The smallest absolute Gasteiger partial charge is 0.249 e. The highest BCUT2D eigenvalue weighted by molar-refractivity contribution is 6.30. The van der Waals surface area contributed by atoms with Crippen molar-refractivity contribution < 1.29 is 19.0 Å². The van der Waals surface area contributed by atoms with Gasteiger partial charge in [0.1, 0.15) is 18.5 Å². The predicted molar refractivity (Wildman–Crippen MR) is 102 cm³/mol. The summed E-state index contributed by atoms with van der Waals surface area (Å²) >= 11 is 12.0. The van der Waals surface area contributed by atoms with Gasteiger partial charge >= 0.3 is 0 Å². The zero-order chi connectivity index (χ0) is 19.6. The predicted octanol–water partition coefficient (Wildman–Crippen LogP) is 4.54. The van der Waals surface area contributed by atoms with Gasteiger partial charge in [-0.05, 0) is 54.8 Å². The molecule has 0 aromatic heterocycles. The fourth-order valence-electron chi connectivity index (χ4n) is 3.49. The van der Waals surface area contributed by atoms with E-state index in [2.05, 4.69) is 0 Å². The molecule has 1 N–H and O–H groups in total. The monoisotopic (exact) mass is 411 g/mol. The van der Waals surface area contributed by atoms with Crippen LogP contribution in [0.15, 0.2) is 42.5 Å². The number of halogens is 3. The van der Waals surface area contributed by atoms with E-state index in [-0.39, 0.29) is 30.2 Å². The third-order valence-electron chi connectivity index (χ3n) is 4.71. The van der Waals surface area contributed by atoms with Crippen LogP contribution < -0.4 is 0 Å². The second-order valence-electron chi connectivity index (χ2n) is 6.59. The largest absolute Gasteiger partial charge is 0.396 e. The maximum atomic E-state index is 13.9. The molecule has 3 rings (SSSR count). The molecule has 144 valence electrons. The minimum absolute atomic E-state index is 0.0460. The minimum atomic E-state index is -0.599. The molecule has 1 fully saturated rings. The number of carbonyl (C=O) groups is 1. The van der Waals surface area contributed by atoms with Crippen molar-refractivity contribution in [2.75, 3.05) is 13.2 Å². The molecule has 2 aromatic carbocycles. The van der Waals surface area contributed by atoms with E-state index in [0.717, 1.165) is 5.56 Å². The van der Waals surface area contributed by atoms with Gasteiger partial charge in [0.05, 0.1) is 6.04 Å². The highest BCUT2D eigenvalue weighted by Gasteiger charge is 2.41. The van der Waals surface area contributed by atoms with Crippen molar-refractivity contribution in [1.82, 2.24) is 4.90 Å². The molecule has 0 aliphatic carbocycles. The Bertz CT molecular complexity index is 795. The highest BCUT2D eigenvalue weighted by Crippen LogP contribution is 2.42. The van der Waals surface area contributed by atoms with Gasteiger partial charge in [-0.1, -0.05) is 35.3 Å². The average molecular weight is 412 g/mol. The number of ether oxygens (including phenoxy) is 1. The standard InChI is InChI=1S/C20H20Cl2FNO3/c1-12(6-7-25)24-18(26)11-27-20(14-8-16(22)10-17(23)9-14)19(24)13-2-4-15(21)5-3-13/h2-5,8-10,12,19-20,25H,6-7,11H2,1H3/t12?,19-,20-/m1/s1. The lowest BCUT2D eigenvalue weighted by Gasteiger charge is -2.44. The Balaban J connectivity index is 2.09. The molecular formula is C20H20Cl2FNO3. The Morgan fingerprint density at radius 1 is 1.19 bits per heavy atom. The summed E-state index contributed by atoms with van der Waals surface area (Å²) in [7, 11) is 0. The first-order chi connectivity index (χ1) is 12.9. The van der Waals surface area contributed by atoms with Crippen LogP contribution in [0, 0.1) is 5.82 Å². The summed E-state index contributed by atoms with van der Waals surface area (Å²) in [6.45, 7) is 1.70. The van der Waals surface area contributed by atoms with Crippen molar-refractivity contribution >= 4 is 29.1 Å². The summed E-state index contributed by atoms with van der Waals surface area (Å²) in [5.41, 5.74) is 1.36. The second-order valence-corrected chi connectivity index (χ2v) is 7.47. The highest BCUT2D eigenvalue weighted by atomic mass is 35.5. The number of aliphatic hydroxyl groups excluding tert-OH is 1. The molecular weight excluding hydrogens is 392 g/mol. The Morgan fingerprint density at radius 3 is 2.52 bits per heavy atom. The number of morpholine rings is 1. The van der Waals surface area contributed by atoms with E-state index in [1.807, 2.05) is 19.1 Å². The summed E-state index contributed by atoms with van der Waals surface area (Å²) < 4.78 is 19.8. The Labute approximate surface area is 167 Å². The maximum absolute atomic E-state index is 13.9. The molecule has 4 nitrogen and oxygen atoms in total. The van der Waals surface area contributed by atoms with Gasteiger partial charge in [0, 0.05) is 22.7 Å². The lowest BCUT2D eigenvalue weighted by atomic mass is 9.91. The van der Waals surface area contributed by atoms with Crippen molar-refractivity contribution in [3.05, 3.63) is 69.5 Å². The van der Waals surface area contributed by atoms with Gasteiger partial charge < -0.3 is 14.7 Å². The molecule has 3 atom stereocenters. The number of amides is 1. The third-order valence-corrected chi connectivity index (χ3v) is 5.18. The topological polar surface area (TPSA) is 49.8 Å². The lowest BCUT2D eigenvalue weighted by Crippen LogP contribution is -2.50. The lowest BCUT2D eigenvalue weighted by molar-refractivity contribution is -0.163. The number of benzene rings is 2. The molecule has 27 heavy (non-hydrogen) atoms. The summed E-state index contributed by atoms with van der Waals surface area (Å²) in [5.74, 6) is -0.655. The van der Waals surface area contributed by atoms with Crippen LogP contribution in [0.5, 0.6) is 0 Å². The Kier molecular flexibility index (Phi) is 6.37. The van der Waals surface area contributed by atoms with Crippen LogP contribution in [-0.2, 0) is 9.53 Å². The number of hydrogen-bond donors (Lipinski definition) is 1. The fourth-order valence-corrected chi connectivity index (χ4v) is 3.84. The maximum Gasteiger partial charge on any atom is 0.249 e. The van der Waals surface area contributed by atoms with E-state index < -0.39 is 18.0 Å². The van der Waals surface area contributed by atoms with Crippen molar-refractivity contribution in [1.29, 1.82) is 0 Å². The Hall–Kier alpha value is -1.66. The molecule has 1 amide bonds. The van der Waals surface area contributed by atoms with Crippen LogP contribution in [0.3, 0.4) is 0 Å². The number of nitrogens with zero attached hydrogens (tertiary/aromatic N) is 1. The molecule has 0 spiro atoms. The van der Waals surface area contributed by atoms with E-state index in [1.165, 1.54) is 12.1 Å². The van der Waals surface area contributed by atoms with Gasteiger partial charge in [-0.2, -0.15) is 0 Å². The summed E-state index contributed by atoms with van der Waals surface area (Å²) in [6.07, 6.45) is -0.176. The van der Waals surface area contributed by atoms with E-state index in [1.54, 1.807) is 23.1 Å². The van der Waals surface area contributed by atoms with Gasteiger partial charge in [-0.25, -0.2) is 4.39 Å². The van der Waals surface area contributed by atoms with Gasteiger partial charge in [0.15, 0.2) is 0 Å². The average Bonchev–Trinajstić information content (AvgIpc) is 2.61. The Morgan fingerprint density at radius 2 is 1.89 bits per heavy atom. The molecule has 1 unspecified atom stereocenters. The van der Waals surface area contributed by atoms with Crippen molar-refractivity contribution in [2.24, 2.45) is 0 Å². The first-order valence-electron chi connectivity index (χ1n) is 8.65. The van der Waals surface area contributed by atoms with Crippen LogP contribution in [-0.4, -0.2) is 35.2 Å². The van der Waals surface area contributed by atoms with Gasteiger partial charge in [0.25, 0.3) is 0 Å². The third kappa shape index (κ3) is 4.43. The minimum Gasteiger partial charge on any atom is -0.396 e. The molecule has 2 aromatic rings. The van der Waals surface area contributed by atoms with Gasteiger partial charge in [0.2, 0.25) is 5.91 Å². The van der Waals surface area contributed by atoms with Crippen LogP contribution in [0.25, 0.3) is 0 Å². The number of aliphatic hydroxyl groups is 1. The number of hydrogen-bond acceptors (Lipinski definition) is 3. The molecule has 1 saturated heterocycles. The molecule has 1 aliphatic heterocycles. The van der Waals surface area contributed by atoms with Crippen LogP contribution >= 0.6 is 23.2 Å². The van der Waals surface area contributed by atoms with Gasteiger partial charge in [-0.3, -0.25) is 4.79 Å². The van der Waals surface area contributed by atoms with E-state index in [9.17, 15) is 14.3 Å². The fraction of sp³-hybridized carbons (Fsp3) is 0.350. The zero-order valence-electron chi connectivity index (χ0n) is 14.7. The first kappa shape index (κ1) is 20.1. The quantitative estimate of drug-likeness (QED) is 0.785. The van der Waals surface area contributed by atoms with Crippen LogP contribution in [0.1, 0.15) is 36.6 Å². The molecule has 1 aliphatic rings. The van der Waals surface area contributed by atoms with Crippen LogP contribution in [0.2, 0.25) is 10.0 Å². The molecule has 0 bridgehead atoms. The SMILES string of the molecule is CC(CCO)N1C(=O)CO[C@H](c2cc(F)cc(Cl)c2)[C@H]1c1ccc(Cl)cc1. The summed E-state index contributed by atoms with van der Waals surface area (Å²) in [6, 6.07) is 10.6. The van der Waals surface area contributed by atoms with E-state index >= 15 is 0 Å². The van der Waals surface area contributed by atoms with E-state index in [4.69, 9.17) is 27.9 Å². The van der Waals surface area contributed by atoms with Crippen LogP contribution in [0.4, 0.5) is 4.39 Å². The van der Waals surface area contributed by atoms with Crippen molar-refractivity contribution in [3.8, 4) is 0 Å². The summed E-state index contributed by atoms with van der Waals surface area (Å²) in [4.78, 5) is 14.4. The molecule has 7 heteroatoms. The molecule has 0 saturated carbocycles. The van der Waals surface area contributed by atoms with Crippen molar-refractivity contribution in [2.45, 2.75) is 31.5 Å². The molecule has 0 radical (unpaired) electrons. The number of carbonyl (C=O) groups excluding carboxylic acids is 1. The first-order valence-corrected chi connectivity index (χ1v) is 9.41. The normalized spacial score (nSPS) is 21.4. The summed E-state index contributed by atoms with van der Waals surface area (Å²) in [5, 5.41) is 10.2. The van der Waals surface area contributed by atoms with E-state index in [0.29, 0.717) is 17.0 Å². The number of rotatable bonds is 5. The van der Waals surface area contributed by atoms with Gasteiger partial charge in [-0.15, -0.1) is 0 Å².